The maximum absolute atomic E-state index is 14.2. The molecule has 4 N–H and O–H groups in total. The Morgan fingerprint density at radius 1 is 1.14 bits per heavy atom. The van der Waals surface area contributed by atoms with E-state index in [1.54, 1.807) is 48.7 Å². The minimum atomic E-state index is -1.28. The van der Waals surface area contributed by atoms with Crippen LogP contribution in [-0.4, -0.2) is 52.4 Å². The Morgan fingerprint density at radius 2 is 1.81 bits per heavy atom. The third-order valence-electron chi connectivity index (χ3n) is 8.02. The van der Waals surface area contributed by atoms with Crippen LogP contribution in [0.2, 0.25) is 10.0 Å². The van der Waals surface area contributed by atoms with E-state index in [0.717, 1.165) is 5.56 Å². The number of nitrogens with two attached hydrogens (primary N) is 1. The summed E-state index contributed by atoms with van der Waals surface area (Å²) in [6.07, 6.45) is 3.33. The number of benzene rings is 2. The fourth-order valence-electron chi connectivity index (χ4n) is 5.82. The molecule has 226 valence electrons. The van der Waals surface area contributed by atoms with Gasteiger partial charge in [0.2, 0.25) is 11.9 Å². The van der Waals surface area contributed by atoms with Gasteiger partial charge in [0, 0.05) is 28.2 Å². The van der Waals surface area contributed by atoms with Gasteiger partial charge < -0.3 is 21.1 Å². The van der Waals surface area contributed by atoms with Crippen molar-refractivity contribution in [3.8, 4) is 0 Å². The van der Waals surface area contributed by atoms with Crippen molar-refractivity contribution in [2.75, 3.05) is 17.7 Å². The van der Waals surface area contributed by atoms with E-state index >= 15 is 0 Å². The Morgan fingerprint density at radius 3 is 2.47 bits per heavy atom. The van der Waals surface area contributed by atoms with Crippen molar-refractivity contribution in [1.82, 2.24) is 20.2 Å². The molecule has 5 rings (SSSR count). The Labute approximate surface area is 258 Å². The summed E-state index contributed by atoms with van der Waals surface area (Å²) in [7, 11) is 1.34. The number of fused-ring (bicyclic) bond motifs is 1. The molecule has 3 aromatic rings. The van der Waals surface area contributed by atoms with Crippen molar-refractivity contribution >= 4 is 64.2 Å². The molecule has 0 spiro atoms. The Kier molecular flexibility index (Phi) is 8.40. The second-order valence-electron chi connectivity index (χ2n) is 11.2. The van der Waals surface area contributed by atoms with Gasteiger partial charge in [0.25, 0.3) is 11.8 Å². The number of hydrogen-bond donors (Lipinski definition) is 3. The minimum Gasteiger partial charge on any atom is -0.469 e. The van der Waals surface area contributed by atoms with Crippen LogP contribution in [0.25, 0.3) is 0 Å². The Bertz CT molecular complexity index is 1570. The molecule has 2 heterocycles. The topological polar surface area (TPSA) is 149 Å². The highest BCUT2D eigenvalue weighted by molar-refractivity contribution is 6.35. The summed E-state index contributed by atoms with van der Waals surface area (Å²) in [5.74, 6) is -1.65. The largest absolute Gasteiger partial charge is 0.469 e. The second kappa shape index (κ2) is 11.9. The summed E-state index contributed by atoms with van der Waals surface area (Å²) in [4.78, 5) is 58.5. The van der Waals surface area contributed by atoms with E-state index in [-0.39, 0.29) is 47.8 Å². The van der Waals surface area contributed by atoms with Gasteiger partial charge >= 0.3 is 5.97 Å². The maximum Gasteiger partial charge on any atom is 0.308 e. The first-order valence-electron chi connectivity index (χ1n) is 13.8. The molecule has 43 heavy (non-hydrogen) atoms. The van der Waals surface area contributed by atoms with Gasteiger partial charge in [-0.1, -0.05) is 35.3 Å². The normalized spacial score (nSPS) is 21.8. The number of nitrogen functional groups attached to an aromatic ring is 1. The standard InChI is InChI=1S/C30H32Cl2N6O5/c1-16(25(39)36-22-9-6-18(10-22)27(41)43-3)35-26(40)24-15-34-29-37(23-12-19(31)11-20(32)13-23)28(42)30(2,38(24)29)14-17-4-7-21(33)8-5-17/h4-5,7-8,11-13,15-16,18,22H,6,9-10,14,33H2,1-3H3,(H,35,40)(H,36,39)/t16-,18+,22?,30+/m0/s1. The van der Waals surface area contributed by atoms with Crippen LogP contribution in [0.3, 0.4) is 0 Å². The molecule has 1 saturated carbocycles. The van der Waals surface area contributed by atoms with Gasteiger partial charge in [-0.3, -0.25) is 23.7 Å². The molecular formula is C30H32Cl2N6O5. The molecule has 11 nitrogen and oxygen atoms in total. The fraction of sp³-hybridized carbons (Fsp3) is 0.367. The third kappa shape index (κ3) is 5.92. The van der Waals surface area contributed by atoms with Crippen molar-refractivity contribution in [2.45, 2.75) is 57.2 Å². The molecule has 1 aromatic heterocycles. The molecule has 1 aliphatic carbocycles. The number of anilines is 3. The smallest absolute Gasteiger partial charge is 0.308 e. The van der Waals surface area contributed by atoms with Gasteiger partial charge in [-0.2, -0.15) is 0 Å². The van der Waals surface area contributed by atoms with Crippen molar-refractivity contribution in [1.29, 1.82) is 0 Å². The zero-order chi connectivity index (χ0) is 31.1. The number of hydrogen-bond acceptors (Lipinski definition) is 7. The number of ether oxygens (including phenoxy) is 1. The first-order chi connectivity index (χ1) is 20.4. The summed E-state index contributed by atoms with van der Waals surface area (Å²) < 4.78 is 6.40. The zero-order valence-electron chi connectivity index (χ0n) is 23.9. The molecule has 1 aliphatic heterocycles. The van der Waals surface area contributed by atoms with E-state index < -0.39 is 17.5 Å². The molecule has 2 aromatic carbocycles. The lowest BCUT2D eigenvalue weighted by Gasteiger charge is -2.27. The number of carbonyl (C=O) groups is 4. The highest BCUT2D eigenvalue weighted by Gasteiger charge is 2.51. The van der Waals surface area contributed by atoms with E-state index in [1.165, 1.54) is 18.2 Å². The predicted molar refractivity (Wildman–Crippen MR) is 162 cm³/mol. The van der Waals surface area contributed by atoms with Gasteiger partial charge in [0.05, 0.1) is 24.9 Å². The molecule has 0 saturated heterocycles. The SMILES string of the molecule is COC(=O)[C@@H]1CCC(NC(=O)[C@H](C)NC(=O)c2cnc3n2[C@](C)(Cc2ccc(N)cc2)C(=O)N3c2cc(Cl)cc(Cl)c2)C1. The fourth-order valence-corrected chi connectivity index (χ4v) is 6.33. The van der Waals surface area contributed by atoms with Crippen LogP contribution in [0.1, 0.15) is 49.2 Å². The van der Waals surface area contributed by atoms with Crippen LogP contribution in [-0.2, 0) is 31.1 Å². The lowest BCUT2D eigenvalue weighted by Crippen LogP contribution is -2.48. The highest BCUT2D eigenvalue weighted by atomic mass is 35.5. The summed E-state index contributed by atoms with van der Waals surface area (Å²) in [5.41, 5.74) is 6.49. The molecule has 13 heteroatoms. The lowest BCUT2D eigenvalue weighted by molar-refractivity contribution is -0.145. The van der Waals surface area contributed by atoms with Crippen molar-refractivity contribution in [2.24, 2.45) is 5.92 Å². The number of esters is 1. The number of methoxy groups -OCH3 is 1. The van der Waals surface area contributed by atoms with Crippen LogP contribution in [0.15, 0.2) is 48.7 Å². The van der Waals surface area contributed by atoms with Crippen molar-refractivity contribution < 1.29 is 23.9 Å². The van der Waals surface area contributed by atoms with E-state index in [0.29, 0.717) is 40.7 Å². The number of nitrogens with one attached hydrogen (secondary N) is 2. The molecule has 1 unspecified atom stereocenters. The first-order valence-corrected chi connectivity index (χ1v) is 14.6. The van der Waals surface area contributed by atoms with E-state index in [4.69, 9.17) is 33.7 Å². The number of carbonyl (C=O) groups excluding carboxylic acids is 4. The first kappa shape index (κ1) is 30.4. The van der Waals surface area contributed by atoms with Crippen LogP contribution < -0.4 is 21.3 Å². The van der Waals surface area contributed by atoms with Crippen LogP contribution >= 0.6 is 23.2 Å². The number of halogens is 2. The summed E-state index contributed by atoms with van der Waals surface area (Å²) in [6.45, 7) is 3.30. The highest BCUT2D eigenvalue weighted by Crippen LogP contribution is 2.43. The van der Waals surface area contributed by atoms with Gasteiger partial charge in [-0.25, -0.2) is 9.88 Å². The van der Waals surface area contributed by atoms with E-state index in [1.807, 2.05) is 12.1 Å². The molecule has 0 radical (unpaired) electrons. The molecule has 4 atom stereocenters. The van der Waals surface area contributed by atoms with Crippen LogP contribution in [0.5, 0.6) is 0 Å². The summed E-state index contributed by atoms with van der Waals surface area (Å²) in [6, 6.07) is 10.8. The molecule has 2 aliphatic rings. The van der Waals surface area contributed by atoms with Gasteiger partial charge in [0.1, 0.15) is 17.3 Å². The Hall–Kier alpha value is -4.09. The minimum absolute atomic E-state index is 0.100. The Balaban J connectivity index is 1.42. The monoisotopic (exact) mass is 626 g/mol. The van der Waals surface area contributed by atoms with Crippen molar-refractivity contribution in [3.05, 3.63) is 70.0 Å². The zero-order valence-corrected chi connectivity index (χ0v) is 25.4. The third-order valence-corrected chi connectivity index (χ3v) is 8.46. The number of rotatable bonds is 8. The van der Waals surface area contributed by atoms with E-state index in [9.17, 15) is 19.2 Å². The number of nitrogens with zero attached hydrogens (tertiary/aromatic N) is 3. The molecule has 0 bridgehead atoms. The summed E-state index contributed by atoms with van der Waals surface area (Å²) in [5, 5.41) is 6.31. The number of imidazole rings is 1. The molecule has 3 amide bonds. The average Bonchev–Trinajstić information content (AvgIpc) is 3.65. The average molecular weight is 628 g/mol. The van der Waals surface area contributed by atoms with Crippen molar-refractivity contribution in [3.63, 3.8) is 0 Å². The number of amides is 3. The summed E-state index contributed by atoms with van der Waals surface area (Å²) >= 11 is 12.5. The van der Waals surface area contributed by atoms with Gasteiger partial charge in [0.15, 0.2) is 0 Å². The van der Waals surface area contributed by atoms with Gasteiger partial charge in [-0.05, 0) is 69.0 Å². The lowest BCUT2D eigenvalue weighted by atomic mass is 9.91. The van der Waals surface area contributed by atoms with Gasteiger partial charge in [-0.15, -0.1) is 0 Å². The van der Waals surface area contributed by atoms with E-state index in [2.05, 4.69) is 15.6 Å². The van der Waals surface area contributed by atoms with Crippen LogP contribution in [0, 0.1) is 5.92 Å². The second-order valence-corrected chi connectivity index (χ2v) is 12.0. The molecular weight excluding hydrogens is 595 g/mol. The maximum atomic E-state index is 14.2. The number of aromatic nitrogens is 2. The van der Waals surface area contributed by atoms with Crippen LogP contribution in [0.4, 0.5) is 17.3 Å². The predicted octanol–water partition coefficient (Wildman–Crippen LogP) is 3.98. The quantitative estimate of drug-likeness (QED) is 0.253. The molecule has 1 fully saturated rings.